The zero-order valence-electron chi connectivity index (χ0n) is 9.24. The molecular weight excluding hydrogens is 268 g/mol. The monoisotopic (exact) mass is 282 g/mol. The average molecular weight is 283 g/mol. The zero-order chi connectivity index (χ0) is 11.7. The van der Waals surface area contributed by atoms with Gasteiger partial charge in [0.15, 0.2) is 0 Å². The Morgan fingerprint density at radius 2 is 2.19 bits per heavy atom. The first kappa shape index (κ1) is 11.5. The number of carbonyl (C=O) groups is 1. The van der Waals surface area contributed by atoms with Gasteiger partial charge < -0.3 is 10.6 Å². The highest BCUT2D eigenvalue weighted by Gasteiger charge is 2.27. The molecule has 86 valence electrons. The van der Waals surface area contributed by atoms with Crippen LogP contribution < -0.4 is 5.73 Å². The summed E-state index contributed by atoms with van der Waals surface area (Å²) in [6.07, 6.45) is 3.43. The molecule has 16 heavy (non-hydrogen) atoms. The van der Waals surface area contributed by atoms with Crippen molar-refractivity contribution in [2.75, 3.05) is 12.8 Å². The smallest absolute Gasteiger partial charge is 0.255 e. The summed E-state index contributed by atoms with van der Waals surface area (Å²) in [7, 11) is 1.85. The summed E-state index contributed by atoms with van der Waals surface area (Å²) < 4.78 is 0.882. The van der Waals surface area contributed by atoms with E-state index in [0.29, 0.717) is 17.3 Å². The van der Waals surface area contributed by atoms with E-state index in [2.05, 4.69) is 15.9 Å². The highest BCUT2D eigenvalue weighted by molar-refractivity contribution is 9.10. The molecule has 0 bridgehead atoms. The van der Waals surface area contributed by atoms with Gasteiger partial charge in [-0.3, -0.25) is 4.79 Å². The van der Waals surface area contributed by atoms with Gasteiger partial charge in [0.05, 0.1) is 5.56 Å². The van der Waals surface area contributed by atoms with Gasteiger partial charge in [-0.15, -0.1) is 0 Å². The van der Waals surface area contributed by atoms with Crippen LogP contribution >= 0.6 is 15.9 Å². The fourth-order valence-corrected chi connectivity index (χ4v) is 2.20. The maximum absolute atomic E-state index is 12.2. The van der Waals surface area contributed by atoms with Crippen molar-refractivity contribution < 1.29 is 4.79 Å². The molecule has 1 fully saturated rings. The molecular formula is C12H15BrN2O. The zero-order valence-corrected chi connectivity index (χ0v) is 10.8. The van der Waals surface area contributed by atoms with Crippen molar-refractivity contribution in [3.05, 3.63) is 28.2 Å². The number of nitrogens with two attached hydrogens (primary N) is 1. The van der Waals surface area contributed by atoms with Crippen LogP contribution in [0.3, 0.4) is 0 Å². The first-order chi connectivity index (χ1) is 7.59. The molecule has 0 aliphatic heterocycles. The van der Waals surface area contributed by atoms with Crippen molar-refractivity contribution in [2.45, 2.75) is 25.3 Å². The summed E-state index contributed by atoms with van der Waals surface area (Å²) in [5.74, 6) is 0.0171. The van der Waals surface area contributed by atoms with E-state index in [1.807, 2.05) is 18.0 Å². The van der Waals surface area contributed by atoms with Crippen molar-refractivity contribution >= 4 is 27.5 Å². The number of nitrogen functional groups attached to an aromatic ring is 1. The summed E-state index contributed by atoms with van der Waals surface area (Å²) in [6, 6.07) is 5.78. The van der Waals surface area contributed by atoms with Crippen LogP contribution in [-0.4, -0.2) is 23.9 Å². The van der Waals surface area contributed by atoms with Crippen molar-refractivity contribution in [1.29, 1.82) is 0 Å². The van der Waals surface area contributed by atoms with Crippen LogP contribution in [0.2, 0.25) is 0 Å². The lowest BCUT2D eigenvalue weighted by Gasteiger charge is -2.35. The Hall–Kier alpha value is -1.03. The van der Waals surface area contributed by atoms with Crippen molar-refractivity contribution in [3.8, 4) is 0 Å². The van der Waals surface area contributed by atoms with Gasteiger partial charge in [0, 0.05) is 23.2 Å². The highest BCUT2D eigenvalue weighted by Crippen LogP contribution is 2.27. The second kappa shape index (κ2) is 4.45. The van der Waals surface area contributed by atoms with E-state index in [0.717, 1.165) is 17.3 Å². The number of anilines is 1. The van der Waals surface area contributed by atoms with Crippen LogP contribution in [-0.2, 0) is 0 Å². The SMILES string of the molecule is CN(C(=O)c1cc(Br)ccc1N)C1CCC1. The van der Waals surface area contributed by atoms with Crippen LogP contribution in [0.15, 0.2) is 22.7 Å². The third kappa shape index (κ3) is 2.07. The lowest BCUT2D eigenvalue weighted by Crippen LogP contribution is -2.41. The van der Waals surface area contributed by atoms with Crippen LogP contribution in [0, 0.1) is 0 Å². The summed E-state index contributed by atoms with van der Waals surface area (Å²) >= 11 is 3.36. The Morgan fingerprint density at radius 3 is 2.75 bits per heavy atom. The van der Waals surface area contributed by atoms with Crippen LogP contribution in [0.1, 0.15) is 29.6 Å². The molecule has 4 heteroatoms. The highest BCUT2D eigenvalue weighted by atomic mass is 79.9. The number of hydrogen-bond donors (Lipinski definition) is 1. The molecule has 0 aromatic heterocycles. The Morgan fingerprint density at radius 1 is 1.50 bits per heavy atom. The van der Waals surface area contributed by atoms with E-state index < -0.39 is 0 Å². The maximum Gasteiger partial charge on any atom is 0.255 e. The van der Waals surface area contributed by atoms with Crippen molar-refractivity contribution in [1.82, 2.24) is 4.90 Å². The quantitative estimate of drug-likeness (QED) is 0.848. The van der Waals surface area contributed by atoms with Gasteiger partial charge in [-0.05, 0) is 37.5 Å². The first-order valence-electron chi connectivity index (χ1n) is 5.42. The predicted octanol–water partition coefficient (Wildman–Crippen LogP) is 2.66. The van der Waals surface area contributed by atoms with E-state index in [4.69, 9.17) is 5.73 Å². The van der Waals surface area contributed by atoms with Gasteiger partial charge in [-0.2, -0.15) is 0 Å². The van der Waals surface area contributed by atoms with E-state index in [1.165, 1.54) is 6.42 Å². The van der Waals surface area contributed by atoms with Gasteiger partial charge in [0.2, 0.25) is 0 Å². The van der Waals surface area contributed by atoms with E-state index >= 15 is 0 Å². The minimum Gasteiger partial charge on any atom is -0.398 e. The number of carbonyl (C=O) groups excluding carboxylic acids is 1. The molecule has 0 saturated heterocycles. The molecule has 1 aromatic carbocycles. The Labute approximate surface area is 104 Å². The molecule has 1 saturated carbocycles. The lowest BCUT2D eigenvalue weighted by atomic mass is 9.91. The predicted molar refractivity (Wildman–Crippen MR) is 68.3 cm³/mol. The molecule has 1 aromatic rings. The summed E-state index contributed by atoms with van der Waals surface area (Å²) in [6.45, 7) is 0. The number of benzene rings is 1. The molecule has 1 amide bonds. The standard InChI is InChI=1S/C12H15BrN2O/c1-15(9-3-2-4-9)12(16)10-7-8(13)5-6-11(10)14/h5-7,9H,2-4,14H2,1H3. The molecule has 0 heterocycles. The van der Waals surface area contributed by atoms with Crippen molar-refractivity contribution in [3.63, 3.8) is 0 Å². The number of nitrogens with zero attached hydrogens (tertiary/aromatic N) is 1. The molecule has 2 N–H and O–H groups in total. The largest absolute Gasteiger partial charge is 0.398 e. The minimum atomic E-state index is 0.0171. The first-order valence-corrected chi connectivity index (χ1v) is 6.21. The van der Waals surface area contributed by atoms with Crippen molar-refractivity contribution in [2.24, 2.45) is 0 Å². The summed E-state index contributed by atoms with van der Waals surface area (Å²) in [5.41, 5.74) is 6.95. The van der Waals surface area contributed by atoms with Gasteiger partial charge in [-0.25, -0.2) is 0 Å². The van der Waals surface area contributed by atoms with Gasteiger partial charge >= 0.3 is 0 Å². The fraction of sp³-hybridized carbons (Fsp3) is 0.417. The molecule has 1 aliphatic carbocycles. The average Bonchev–Trinajstić information content (AvgIpc) is 2.18. The normalized spacial score (nSPS) is 15.6. The summed E-state index contributed by atoms with van der Waals surface area (Å²) in [5, 5.41) is 0. The number of halogens is 1. The van der Waals surface area contributed by atoms with Crippen LogP contribution in [0.4, 0.5) is 5.69 Å². The maximum atomic E-state index is 12.2. The molecule has 2 rings (SSSR count). The van der Waals surface area contributed by atoms with Crippen LogP contribution in [0.25, 0.3) is 0 Å². The lowest BCUT2D eigenvalue weighted by molar-refractivity contribution is 0.0653. The van der Waals surface area contributed by atoms with Gasteiger partial charge in [0.25, 0.3) is 5.91 Å². The van der Waals surface area contributed by atoms with Crippen LogP contribution in [0.5, 0.6) is 0 Å². The van der Waals surface area contributed by atoms with E-state index in [9.17, 15) is 4.79 Å². The van der Waals surface area contributed by atoms with Gasteiger partial charge in [-0.1, -0.05) is 15.9 Å². The molecule has 1 aliphatic rings. The Kier molecular flexibility index (Phi) is 3.19. The number of hydrogen-bond acceptors (Lipinski definition) is 2. The number of rotatable bonds is 2. The fourth-order valence-electron chi connectivity index (χ4n) is 1.84. The van der Waals surface area contributed by atoms with E-state index in [-0.39, 0.29) is 5.91 Å². The second-order valence-corrected chi connectivity index (χ2v) is 5.15. The third-order valence-corrected chi connectivity index (χ3v) is 3.68. The minimum absolute atomic E-state index is 0.0171. The third-order valence-electron chi connectivity index (χ3n) is 3.19. The molecule has 0 radical (unpaired) electrons. The Bertz CT molecular complexity index is 415. The van der Waals surface area contributed by atoms with E-state index in [1.54, 1.807) is 12.1 Å². The molecule has 0 atom stereocenters. The number of amides is 1. The molecule has 0 spiro atoms. The Balaban J connectivity index is 2.22. The second-order valence-electron chi connectivity index (χ2n) is 4.23. The summed E-state index contributed by atoms with van der Waals surface area (Å²) in [4.78, 5) is 14.0. The molecule has 0 unspecified atom stereocenters. The van der Waals surface area contributed by atoms with Gasteiger partial charge in [0.1, 0.15) is 0 Å². The topological polar surface area (TPSA) is 46.3 Å². The molecule has 3 nitrogen and oxygen atoms in total.